The van der Waals surface area contributed by atoms with Crippen LogP contribution in [0.4, 0.5) is 13.2 Å². The number of nitrogens with zero attached hydrogens (tertiary/aromatic N) is 5. The number of carbonyl (C=O) groups is 1. The molecule has 4 aromatic rings. The Morgan fingerprint density at radius 3 is 2.66 bits per heavy atom. The Morgan fingerprint density at radius 2 is 2.03 bits per heavy atom. The van der Waals surface area contributed by atoms with E-state index >= 15 is 0 Å². The van der Waals surface area contributed by atoms with Crippen molar-refractivity contribution in [2.45, 2.75) is 24.9 Å². The summed E-state index contributed by atoms with van der Waals surface area (Å²) in [5.41, 5.74) is -0.473. The highest BCUT2D eigenvalue weighted by molar-refractivity contribution is 9.10. The van der Waals surface area contributed by atoms with Crippen molar-refractivity contribution in [2.24, 2.45) is 0 Å². The minimum atomic E-state index is -4.64. The van der Waals surface area contributed by atoms with Crippen molar-refractivity contribution in [2.75, 3.05) is 13.1 Å². The second kappa shape index (κ2) is 8.00. The molecule has 12 heteroatoms. The van der Waals surface area contributed by atoms with E-state index in [1.807, 2.05) is 5.38 Å². The topological polar surface area (TPSA) is 79.2 Å². The van der Waals surface area contributed by atoms with E-state index in [0.29, 0.717) is 24.2 Å². The fourth-order valence-electron chi connectivity index (χ4n) is 3.94. The van der Waals surface area contributed by atoms with E-state index in [9.17, 15) is 18.0 Å². The summed E-state index contributed by atoms with van der Waals surface area (Å²) in [6.45, 7) is 0.992. The van der Waals surface area contributed by atoms with Gasteiger partial charge in [-0.15, -0.1) is 11.3 Å². The van der Waals surface area contributed by atoms with Crippen LogP contribution in [0.2, 0.25) is 0 Å². The molecule has 0 aliphatic carbocycles. The molecule has 5 heterocycles. The summed E-state index contributed by atoms with van der Waals surface area (Å²) >= 11 is 4.91. The van der Waals surface area contributed by atoms with Crippen LogP contribution in [-0.2, 0) is 6.18 Å². The molecule has 0 radical (unpaired) electrons. The number of aromatic amines is 1. The molecule has 0 bridgehead atoms. The summed E-state index contributed by atoms with van der Waals surface area (Å²) in [6.07, 6.45) is 3.08. The van der Waals surface area contributed by atoms with Crippen LogP contribution in [0.5, 0.6) is 0 Å². The Hall–Kier alpha value is -2.73. The average Bonchev–Trinajstić information content (AvgIpc) is 3.54. The second-order valence-corrected chi connectivity index (χ2v) is 9.19. The number of rotatable bonds is 3. The molecule has 1 saturated heterocycles. The molecule has 0 saturated carbocycles. The highest BCUT2D eigenvalue weighted by atomic mass is 79.9. The minimum absolute atomic E-state index is 0.0347. The first-order chi connectivity index (χ1) is 15.3. The molecule has 1 aliphatic heterocycles. The molecule has 0 unspecified atom stereocenters. The SMILES string of the molecule is O=C(c1nc2c(C(F)(F)F)cc(-c3cn[nH]c3)cn2c1Br)N1CCC(c2nccs2)CC1. The number of thiazole rings is 1. The number of carbonyl (C=O) groups excluding carboxylic acids is 1. The molecule has 1 aliphatic rings. The van der Waals surface area contributed by atoms with Gasteiger partial charge >= 0.3 is 6.18 Å². The smallest absolute Gasteiger partial charge is 0.337 e. The number of pyridine rings is 1. The number of hydrogen-bond donors (Lipinski definition) is 1. The van der Waals surface area contributed by atoms with E-state index in [1.54, 1.807) is 22.4 Å². The highest BCUT2D eigenvalue weighted by Gasteiger charge is 2.37. The molecule has 1 fully saturated rings. The number of amides is 1. The van der Waals surface area contributed by atoms with E-state index in [-0.39, 0.29) is 21.9 Å². The molecule has 1 amide bonds. The number of H-pyrrole nitrogens is 1. The van der Waals surface area contributed by atoms with Crippen LogP contribution in [0.3, 0.4) is 0 Å². The molecule has 5 rings (SSSR count). The van der Waals surface area contributed by atoms with Gasteiger partial charge in [0.05, 0.1) is 16.8 Å². The molecule has 4 aromatic heterocycles. The normalized spacial score (nSPS) is 15.6. The van der Waals surface area contributed by atoms with Gasteiger partial charge in [-0.25, -0.2) is 9.97 Å². The van der Waals surface area contributed by atoms with Crippen LogP contribution in [0.15, 0.2) is 40.8 Å². The molecule has 166 valence electrons. The summed E-state index contributed by atoms with van der Waals surface area (Å²) in [6, 6.07) is 1.02. The Bertz CT molecular complexity index is 1260. The predicted octanol–water partition coefficient (Wildman–Crippen LogP) is 4.98. The van der Waals surface area contributed by atoms with E-state index in [0.717, 1.165) is 23.9 Å². The number of aromatic nitrogens is 5. The van der Waals surface area contributed by atoms with Crippen molar-refractivity contribution in [3.05, 3.63) is 57.1 Å². The summed E-state index contributed by atoms with van der Waals surface area (Å²) < 4.78 is 42.9. The Balaban J connectivity index is 1.49. The number of halogens is 4. The van der Waals surface area contributed by atoms with E-state index < -0.39 is 17.6 Å². The van der Waals surface area contributed by atoms with E-state index in [1.165, 1.54) is 23.0 Å². The Kier molecular flexibility index (Phi) is 5.28. The Labute approximate surface area is 192 Å². The van der Waals surface area contributed by atoms with Gasteiger partial charge in [0.15, 0.2) is 11.3 Å². The monoisotopic (exact) mass is 524 g/mol. The van der Waals surface area contributed by atoms with Crippen LogP contribution in [0, 0.1) is 0 Å². The lowest BCUT2D eigenvalue weighted by Crippen LogP contribution is -2.38. The zero-order chi connectivity index (χ0) is 22.5. The number of fused-ring (bicyclic) bond motifs is 1. The molecule has 1 N–H and O–H groups in total. The first-order valence-electron chi connectivity index (χ1n) is 9.79. The second-order valence-electron chi connectivity index (χ2n) is 7.51. The van der Waals surface area contributed by atoms with Gasteiger partial charge in [-0.05, 0) is 34.8 Å². The van der Waals surface area contributed by atoms with Gasteiger partial charge in [0, 0.05) is 54.1 Å². The van der Waals surface area contributed by atoms with Crippen molar-refractivity contribution in [1.82, 2.24) is 29.5 Å². The van der Waals surface area contributed by atoms with E-state index in [2.05, 4.69) is 36.1 Å². The number of hydrogen-bond acceptors (Lipinski definition) is 5. The number of likely N-dealkylation sites (tertiary alicyclic amines) is 1. The van der Waals surface area contributed by atoms with Gasteiger partial charge in [-0.2, -0.15) is 18.3 Å². The van der Waals surface area contributed by atoms with Crippen LogP contribution >= 0.6 is 27.3 Å². The lowest BCUT2D eigenvalue weighted by molar-refractivity contribution is -0.136. The molecule has 32 heavy (non-hydrogen) atoms. The van der Waals surface area contributed by atoms with Crippen molar-refractivity contribution in [3.8, 4) is 11.1 Å². The van der Waals surface area contributed by atoms with Crippen molar-refractivity contribution in [3.63, 3.8) is 0 Å². The minimum Gasteiger partial charge on any atom is -0.337 e. The third-order valence-corrected chi connectivity index (χ3v) is 7.28. The maximum absolute atomic E-state index is 13.8. The Morgan fingerprint density at radius 1 is 1.25 bits per heavy atom. The van der Waals surface area contributed by atoms with Crippen molar-refractivity contribution < 1.29 is 18.0 Å². The molecule has 7 nitrogen and oxygen atoms in total. The number of imidazole rings is 1. The van der Waals surface area contributed by atoms with Crippen molar-refractivity contribution in [1.29, 1.82) is 0 Å². The maximum atomic E-state index is 13.8. The number of nitrogens with one attached hydrogen (secondary N) is 1. The number of alkyl halides is 3. The summed E-state index contributed by atoms with van der Waals surface area (Å²) in [5, 5.41) is 9.38. The third-order valence-electron chi connectivity index (χ3n) is 5.58. The lowest BCUT2D eigenvalue weighted by Gasteiger charge is -2.30. The fraction of sp³-hybridized carbons (Fsp3) is 0.300. The van der Waals surface area contributed by atoms with Crippen LogP contribution < -0.4 is 0 Å². The predicted molar refractivity (Wildman–Crippen MR) is 115 cm³/mol. The van der Waals surface area contributed by atoms with Crippen LogP contribution in [-0.4, -0.2) is 48.5 Å². The first kappa shape index (κ1) is 21.1. The molecule has 0 spiro atoms. The van der Waals surface area contributed by atoms with Crippen LogP contribution in [0.1, 0.15) is 39.8 Å². The quantitative estimate of drug-likeness (QED) is 0.409. The maximum Gasteiger partial charge on any atom is 0.420 e. The summed E-state index contributed by atoms with van der Waals surface area (Å²) in [5.74, 6) is -0.103. The average molecular weight is 525 g/mol. The van der Waals surface area contributed by atoms with Crippen molar-refractivity contribution >= 4 is 38.8 Å². The van der Waals surface area contributed by atoms with Gasteiger partial charge in [0.1, 0.15) is 4.60 Å². The van der Waals surface area contributed by atoms with Gasteiger partial charge in [-0.1, -0.05) is 0 Å². The first-order valence-corrected chi connectivity index (χ1v) is 11.5. The zero-order valence-corrected chi connectivity index (χ0v) is 18.8. The summed E-state index contributed by atoms with van der Waals surface area (Å²) in [4.78, 5) is 23.3. The zero-order valence-electron chi connectivity index (χ0n) is 16.4. The molecule has 0 aromatic carbocycles. The van der Waals surface area contributed by atoms with E-state index in [4.69, 9.17) is 0 Å². The lowest BCUT2D eigenvalue weighted by atomic mass is 9.97. The summed E-state index contributed by atoms with van der Waals surface area (Å²) in [7, 11) is 0. The van der Waals surface area contributed by atoms with Gasteiger partial charge in [0.2, 0.25) is 0 Å². The van der Waals surface area contributed by atoms with Gasteiger partial charge < -0.3 is 4.90 Å². The number of piperidine rings is 1. The van der Waals surface area contributed by atoms with Gasteiger partial charge in [0.25, 0.3) is 5.91 Å². The molecule has 0 atom stereocenters. The molecular formula is C20H16BrF3N6OS. The largest absolute Gasteiger partial charge is 0.420 e. The standard InChI is InChI=1S/C20H16BrF3N6OS/c21-16-15(19(31)29-4-1-11(2-5-29)18-25-3-6-32-18)28-17-14(20(22,23)24)7-12(10-30(16)17)13-8-26-27-9-13/h3,6-11H,1-2,4-5H2,(H,26,27). The highest BCUT2D eigenvalue weighted by Crippen LogP contribution is 2.37. The molecular weight excluding hydrogens is 509 g/mol. The van der Waals surface area contributed by atoms with Crippen LogP contribution in [0.25, 0.3) is 16.8 Å². The fourth-order valence-corrected chi connectivity index (χ4v) is 5.28. The van der Waals surface area contributed by atoms with Gasteiger partial charge in [-0.3, -0.25) is 14.3 Å². The third kappa shape index (κ3) is 3.71.